The summed E-state index contributed by atoms with van der Waals surface area (Å²) < 4.78 is 5.52. The molecule has 0 atom stereocenters. The van der Waals surface area contributed by atoms with E-state index in [2.05, 4.69) is 25.9 Å². The van der Waals surface area contributed by atoms with E-state index in [9.17, 15) is 4.79 Å². The number of guanidine groups is 1. The van der Waals surface area contributed by atoms with Crippen molar-refractivity contribution in [2.24, 2.45) is 10.9 Å². The van der Waals surface area contributed by atoms with Crippen molar-refractivity contribution in [3.05, 3.63) is 42.3 Å². The zero-order chi connectivity index (χ0) is 18.8. The topological polar surface area (TPSA) is 91.6 Å². The summed E-state index contributed by atoms with van der Waals surface area (Å²) in [6.07, 6.45) is 1.62. The summed E-state index contributed by atoms with van der Waals surface area (Å²) in [6.45, 7) is 8.04. The molecule has 1 heterocycles. The third kappa shape index (κ3) is 6.23. The SMILES string of the molecule is CCNC(=NCc1coc(-c2ccccc2)n1)NCCNC(=O)C(C)C. The number of nitrogens with zero attached hydrogens (tertiary/aromatic N) is 2. The van der Waals surface area contributed by atoms with Gasteiger partial charge in [-0.1, -0.05) is 32.0 Å². The highest BCUT2D eigenvalue weighted by Gasteiger charge is 2.07. The number of carbonyl (C=O) groups is 1. The van der Waals surface area contributed by atoms with Crippen LogP contribution in [0.15, 0.2) is 46.0 Å². The van der Waals surface area contributed by atoms with E-state index in [0.29, 0.717) is 31.5 Å². The van der Waals surface area contributed by atoms with Crippen LogP contribution in [-0.4, -0.2) is 36.5 Å². The Bertz CT molecular complexity index is 710. The Morgan fingerprint density at radius 1 is 1.15 bits per heavy atom. The van der Waals surface area contributed by atoms with Gasteiger partial charge in [-0.3, -0.25) is 4.79 Å². The molecular weight excluding hydrogens is 330 g/mol. The molecule has 0 unspecified atom stereocenters. The van der Waals surface area contributed by atoms with Crippen LogP contribution in [0.25, 0.3) is 11.5 Å². The Labute approximate surface area is 154 Å². The first-order valence-electron chi connectivity index (χ1n) is 8.90. The Morgan fingerprint density at radius 3 is 2.58 bits per heavy atom. The van der Waals surface area contributed by atoms with Crippen LogP contribution < -0.4 is 16.0 Å². The maximum Gasteiger partial charge on any atom is 0.226 e. The van der Waals surface area contributed by atoms with Crippen molar-refractivity contribution in [3.63, 3.8) is 0 Å². The smallest absolute Gasteiger partial charge is 0.226 e. The van der Waals surface area contributed by atoms with Crippen molar-refractivity contribution in [2.75, 3.05) is 19.6 Å². The second kappa shape index (κ2) is 10.2. The number of nitrogens with one attached hydrogen (secondary N) is 3. The number of aliphatic imine (C=N–C) groups is 1. The fraction of sp³-hybridized carbons (Fsp3) is 0.421. The summed E-state index contributed by atoms with van der Waals surface area (Å²) in [5.41, 5.74) is 1.70. The molecule has 1 aromatic heterocycles. The van der Waals surface area contributed by atoms with E-state index in [1.54, 1.807) is 6.26 Å². The first-order valence-corrected chi connectivity index (χ1v) is 8.90. The van der Waals surface area contributed by atoms with Crippen LogP contribution in [0.5, 0.6) is 0 Å². The van der Waals surface area contributed by atoms with Crippen LogP contribution in [0.4, 0.5) is 0 Å². The zero-order valence-electron chi connectivity index (χ0n) is 15.6. The number of hydrogen-bond donors (Lipinski definition) is 3. The summed E-state index contributed by atoms with van der Waals surface area (Å²) in [5.74, 6) is 1.30. The molecule has 0 saturated heterocycles. The average molecular weight is 357 g/mol. The first kappa shape index (κ1) is 19.5. The van der Waals surface area contributed by atoms with Gasteiger partial charge in [0.25, 0.3) is 0 Å². The molecule has 0 aliphatic heterocycles. The van der Waals surface area contributed by atoms with Gasteiger partial charge >= 0.3 is 0 Å². The van der Waals surface area contributed by atoms with Crippen LogP contribution in [0.2, 0.25) is 0 Å². The van der Waals surface area contributed by atoms with Crippen molar-refractivity contribution in [1.29, 1.82) is 0 Å². The number of hydrogen-bond acceptors (Lipinski definition) is 4. The number of rotatable bonds is 8. The molecule has 7 nitrogen and oxygen atoms in total. The van der Waals surface area contributed by atoms with E-state index >= 15 is 0 Å². The Balaban J connectivity index is 1.86. The lowest BCUT2D eigenvalue weighted by Gasteiger charge is -2.12. The van der Waals surface area contributed by atoms with Gasteiger partial charge in [-0.05, 0) is 19.1 Å². The Hall–Kier alpha value is -2.83. The molecule has 1 amide bonds. The second-order valence-corrected chi connectivity index (χ2v) is 6.08. The largest absolute Gasteiger partial charge is 0.444 e. The van der Waals surface area contributed by atoms with Crippen LogP contribution in [0.1, 0.15) is 26.5 Å². The minimum Gasteiger partial charge on any atom is -0.444 e. The number of carbonyl (C=O) groups excluding carboxylic acids is 1. The van der Waals surface area contributed by atoms with Crippen LogP contribution in [0, 0.1) is 5.92 Å². The molecule has 0 bridgehead atoms. The van der Waals surface area contributed by atoms with Crippen molar-refractivity contribution in [1.82, 2.24) is 20.9 Å². The van der Waals surface area contributed by atoms with Gasteiger partial charge in [0.05, 0.1) is 6.54 Å². The standard InChI is InChI=1S/C19H27N5O2/c1-4-20-19(22-11-10-21-17(25)14(2)3)23-12-16-13-26-18(24-16)15-8-6-5-7-9-15/h5-9,13-14H,4,10-12H2,1-3H3,(H,21,25)(H2,20,22,23). The van der Waals surface area contributed by atoms with Crippen molar-refractivity contribution in [2.45, 2.75) is 27.3 Å². The Kier molecular flexibility index (Phi) is 7.67. The first-order chi connectivity index (χ1) is 12.6. The highest BCUT2D eigenvalue weighted by Crippen LogP contribution is 2.18. The monoisotopic (exact) mass is 357 g/mol. The van der Waals surface area contributed by atoms with Crippen LogP contribution >= 0.6 is 0 Å². The molecule has 3 N–H and O–H groups in total. The van der Waals surface area contributed by atoms with E-state index in [1.807, 2.05) is 51.1 Å². The number of amides is 1. The third-order valence-corrected chi connectivity index (χ3v) is 3.56. The number of benzene rings is 1. The maximum absolute atomic E-state index is 11.5. The van der Waals surface area contributed by atoms with E-state index in [-0.39, 0.29) is 11.8 Å². The zero-order valence-corrected chi connectivity index (χ0v) is 15.6. The molecule has 140 valence electrons. The summed E-state index contributed by atoms with van der Waals surface area (Å²) in [7, 11) is 0. The van der Waals surface area contributed by atoms with Crippen molar-refractivity contribution in [3.8, 4) is 11.5 Å². The molecule has 7 heteroatoms. The molecule has 2 aromatic rings. The summed E-state index contributed by atoms with van der Waals surface area (Å²) in [4.78, 5) is 20.5. The fourth-order valence-electron chi connectivity index (χ4n) is 2.17. The third-order valence-electron chi connectivity index (χ3n) is 3.56. The van der Waals surface area contributed by atoms with E-state index in [0.717, 1.165) is 17.8 Å². The van der Waals surface area contributed by atoms with Gasteiger partial charge in [-0.2, -0.15) is 0 Å². The molecule has 0 radical (unpaired) electrons. The van der Waals surface area contributed by atoms with Gasteiger partial charge < -0.3 is 20.4 Å². The van der Waals surface area contributed by atoms with Crippen LogP contribution in [0.3, 0.4) is 0 Å². The minimum atomic E-state index is -0.0112. The Morgan fingerprint density at radius 2 is 1.88 bits per heavy atom. The van der Waals surface area contributed by atoms with Gasteiger partial charge in [0.15, 0.2) is 5.96 Å². The summed E-state index contributed by atoms with van der Waals surface area (Å²) >= 11 is 0. The molecule has 0 aliphatic carbocycles. The van der Waals surface area contributed by atoms with Crippen LogP contribution in [-0.2, 0) is 11.3 Å². The van der Waals surface area contributed by atoms with Gasteiger partial charge in [0, 0.05) is 31.1 Å². The predicted molar refractivity (Wildman–Crippen MR) is 103 cm³/mol. The highest BCUT2D eigenvalue weighted by atomic mass is 16.3. The van der Waals surface area contributed by atoms with E-state index < -0.39 is 0 Å². The summed E-state index contributed by atoms with van der Waals surface area (Å²) in [5, 5.41) is 9.22. The van der Waals surface area contributed by atoms with Gasteiger partial charge in [-0.15, -0.1) is 0 Å². The average Bonchev–Trinajstić information content (AvgIpc) is 3.12. The van der Waals surface area contributed by atoms with Gasteiger partial charge in [0.2, 0.25) is 11.8 Å². The fourth-order valence-corrected chi connectivity index (χ4v) is 2.17. The molecule has 1 aromatic carbocycles. The molecule has 0 spiro atoms. The number of aromatic nitrogens is 1. The molecule has 0 fully saturated rings. The maximum atomic E-state index is 11.5. The number of oxazole rings is 1. The van der Waals surface area contributed by atoms with Gasteiger partial charge in [-0.25, -0.2) is 9.98 Å². The van der Waals surface area contributed by atoms with Crippen molar-refractivity contribution < 1.29 is 9.21 Å². The molecule has 0 saturated carbocycles. The lowest BCUT2D eigenvalue weighted by Crippen LogP contribution is -2.42. The second-order valence-electron chi connectivity index (χ2n) is 6.08. The lowest BCUT2D eigenvalue weighted by atomic mass is 10.2. The quantitative estimate of drug-likeness (QED) is 0.383. The minimum absolute atomic E-state index is 0.0112. The molecule has 26 heavy (non-hydrogen) atoms. The van der Waals surface area contributed by atoms with Gasteiger partial charge in [0.1, 0.15) is 12.0 Å². The summed E-state index contributed by atoms with van der Waals surface area (Å²) in [6, 6.07) is 9.76. The predicted octanol–water partition coefficient (Wildman–Crippen LogP) is 2.17. The van der Waals surface area contributed by atoms with E-state index in [1.165, 1.54) is 0 Å². The lowest BCUT2D eigenvalue weighted by molar-refractivity contribution is -0.123. The molecule has 0 aliphatic rings. The normalized spacial score (nSPS) is 11.5. The molecule has 2 rings (SSSR count). The van der Waals surface area contributed by atoms with E-state index in [4.69, 9.17) is 4.42 Å². The van der Waals surface area contributed by atoms with Crippen molar-refractivity contribution >= 4 is 11.9 Å². The highest BCUT2D eigenvalue weighted by molar-refractivity contribution is 5.80. The molecular formula is C19H27N5O2.